The molecule has 0 saturated carbocycles. The van der Waals surface area contributed by atoms with Crippen LogP contribution < -0.4 is 11.0 Å². The van der Waals surface area contributed by atoms with Gasteiger partial charge in [0.1, 0.15) is 0 Å². The largest absolute Gasteiger partial charge is 0.328 e. The molecule has 0 aliphatic heterocycles. The van der Waals surface area contributed by atoms with Gasteiger partial charge in [0.15, 0.2) is 0 Å². The maximum atomic E-state index is 11.9. The predicted molar refractivity (Wildman–Crippen MR) is 76.0 cm³/mol. The number of rotatable bonds is 6. The first-order valence-electron chi connectivity index (χ1n) is 6.79. The lowest BCUT2D eigenvalue weighted by Crippen LogP contribution is -2.30. The molecule has 0 amide bonds. The summed E-state index contributed by atoms with van der Waals surface area (Å²) in [4.78, 5) is 11.9. The molecule has 0 aliphatic carbocycles. The van der Waals surface area contributed by atoms with Gasteiger partial charge >= 0.3 is 5.69 Å². The Morgan fingerprint density at radius 3 is 2.39 bits per heavy atom. The highest BCUT2D eigenvalue weighted by Crippen LogP contribution is 2.16. The van der Waals surface area contributed by atoms with E-state index in [0.29, 0.717) is 5.41 Å². The van der Waals surface area contributed by atoms with Crippen LogP contribution in [-0.4, -0.2) is 22.2 Å². The molecule has 0 aromatic carbocycles. The van der Waals surface area contributed by atoms with E-state index < -0.39 is 0 Å². The van der Waals surface area contributed by atoms with Gasteiger partial charge in [-0.15, -0.1) is 0 Å². The van der Waals surface area contributed by atoms with E-state index in [2.05, 4.69) is 26.1 Å². The molecular weight excluding hydrogens is 226 g/mol. The van der Waals surface area contributed by atoms with Crippen LogP contribution in [-0.2, 0) is 6.54 Å². The van der Waals surface area contributed by atoms with E-state index in [1.165, 1.54) is 0 Å². The summed E-state index contributed by atoms with van der Waals surface area (Å²) < 4.78 is 3.53. The van der Waals surface area contributed by atoms with Crippen LogP contribution in [0.2, 0.25) is 0 Å². The Morgan fingerprint density at radius 1 is 1.22 bits per heavy atom. The van der Waals surface area contributed by atoms with Crippen molar-refractivity contribution in [2.24, 2.45) is 5.41 Å². The summed E-state index contributed by atoms with van der Waals surface area (Å²) >= 11 is 0. The lowest BCUT2D eigenvalue weighted by molar-refractivity contribution is 0.365. The minimum atomic E-state index is 0.0858. The van der Waals surface area contributed by atoms with Crippen LogP contribution in [0.3, 0.4) is 0 Å². The topological polar surface area (TPSA) is 39.0 Å². The molecule has 4 heteroatoms. The van der Waals surface area contributed by atoms with Crippen molar-refractivity contribution in [1.29, 1.82) is 0 Å². The monoisotopic (exact) mass is 253 g/mol. The van der Waals surface area contributed by atoms with Crippen molar-refractivity contribution >= 4 is 0 Å². The third-order valence-corrected chi connectivity index (χ3v) is 3.01. The molecule has 0 bridgehead atoms. The minimum Gasteiger partial charge on any atom is -0.315 e. The van der Waals surface area contributed by atoms with Crippen molar-refractivity contribution in [3.8, 4) is 0 Å². The van der Waals surface area contributed by atoms with E-state index >= 15 is 0 Å². The number of imidazole rings is 1. The Labute approximate surface area is 110 Å². The Kier molecular flexibility index (Phi) is 5.20. The van der Waals surface area contributed by atoms with Crippen LogP contribution in [0, 0.1) is 5.41 Å². The van der Waals surface area contributed by atoms with E-state index in [1.54, 1.807) is 9.13 Å². The molecule has 0 saturated heterocycles. The second kappa shape index (κ2) is 6.23. The Morgan fingerprint density at radius 2 is 1.89 bits per heavy atom. The summed E-state index contributed by atoms with van der Waals surface area (Å²) in [5.74, 6) is 0. The zero-order chi connectivity index (χ0) is 13.8. The van der Waals surface area contributed by atoms with E-state index in [1.807, 2.05) is 26.2 Å². The van der Waals surface area contributed by atoms with Crippen LogP contribution in [0.15, 0.2) is 17.2 Å². The maximum absolute atomic E-state index is 11.9. The molecule has 0 unspecified atom stereocenters. The molecule has 18 heavy (non-hydrogen) atoms. The Hall–Kier alpha value is -1.03. The molecule has 0 fully saturated rings. The summed E-state index contributed by atoms with van der Waals surface area (Å²) in [7, 11) is 0. The van der Waals surface area contributed by atoms with Gasteiger partial charge in [0.2, 0.25) is 0 Å². The minimum absolute atomic E-state index is 0.0858. The van der Waals surface area contributed by atoms with Crippen molar-refractivity contribution in [3.63, 3.8) is 0 Å². The molecule has 1 rings (SSSR count). The van der Waals surface area contributed by atoms with E-state index in [0.717, 1.165) is 26.1 Å². The number of hydrogen-bond acceptors (Lipinski definition) is 2. The Bertz CT molecular complexity index is 409. The van der Waals surface area contributed by atoms with Gasteiger partial charge in [0.05, 0.1) is 0 Å². The van der Waals surface area contributed by atoms with Crippen LogP contribution in [0.4, 0.5) is 0 Å². The third-order valence-electron chi connectivity index (χ3n) is 3.01. The average Bonchev–Trinajstić information content (AvgIpc) is 2.58. The van der Waals surface area contributed by atoms with Crippen LogP contribution >= 0.6 is 0 Å². The van der Waals surface area contributed by atoms with E-state index in [4.69, 9.17) is 0 Å². The highest BCUT2D eigenvalue weighted by Gasteiger charge is 2.09. The molecule has 4 nitrogen and oxygen atoms in total. The smallest absolute Gasteiger partial charge is 0.315 e. The molecule has 0 aliphatic rings. The summed E-state index contributed by atoms with van der Waals surface area (Å²) in [6.45, 7) is 13.3. The molecule has 1 aromatic rings. The van der Waals surface area contributed by atoms with E-state index in [9.17, 15) is 4.79 Å². The van der Waals surface area contributed by atoms with Gasteiger partial charge in [-0.2, -0.15) is 0 Å². The lowest BCUT2D eigenvalue weighted by atomic mass is 9.92. The van der Waals surface area contributed by atoms with Gasteiger partial charge < -0.3 is 5.32 Å². The predicted octanol–water partition coefficient (Wildman–Crippen LogP) is 2.26. The molecular formula is C14H27N3O. The van der Waals surface area contributed by atoms with Crippen LogP contribution in [0.1, 0.15) is 47.1 Å². The normalized spacial score (nSPS) is 12.3. The highest BCUT2D eigenvalue weighted by molar-refractivity contribution is 4.83. The third kappa shape index (κ3) is 4.69. The average molecular weight is 253 g/mol. The lowest BCUT2D eigenvalue weighted by Gasteiger charge is -2.18. The zero-order valence-corrected chi connectivity index (χ0v) is 12.4. The van der Waals surface area contributed by atoms with Crippen molar-refractivity contribution in [2.45, 2.75) is 53.6 Å². The van der Waals surface area contributed by atoms with Gasteiger partial charge in [0.25, 0.3) is 0 Å². The van der Waals surface area contributed by atoms with Crippen LogP contribution in [0.25, 0.3) is 0 Å². The summed E-state index contributed by atoms with van der Waals surface area (Å²) in [6, 6.07) is 0.229. The van der Waals surface area contributed by atoms with Crippen molar-refractivity contribution < 1.29 is 0 Å². The second-order valence-electron chi connectivity index (χ2n) is 6.34. The molecule has 0 atom stereocenters. The van der Waals surface area contributed by atoms with Gasteiger partial charge in [-0.25, -0.2) is 4.79 Å². The summed E-state index contributed by atoms with van der Waals surface area (Å²) in [5, 5.41) is 3.39. The van der Waals surface area contributed by atoms with Crippen molar-refractivity contribution in [2.75, 3.05) is 13.1 Å². The quantitative estimate of drug-likeness (QED) is 0.790. The van der Waals surface area contributed by atoms with Gasteiger partial charge in [0, 0.05) is 31.5 Å². The standard InChI is InChI=1S/C14H27N3O/c1-12(2)17-11-10-16(13(17)18)9-8-15-7-6-14(3,4)5/h10-12,15H,6-9H2,1-5H3. The first-order valence-corrected chi connectivity index (χ1v) is 6.79. The first-order chi connectivity index (χ1) is 8.31. The first kappa shape index (κ1) is 15.0. The number of nitrogens with zero attached hydrogens (tertiary/aromatic N) is 2. The fraction of sp³-hybridized carbons (Fsp3) is 0.786. The fourth-order valence-electron chi connectivity index (χ4n) is 1.78. The van der Waals surface area contributed by atoms with Gasteiger partial charge in [-0.05, 0) is 32.2 Å². The maximum Gasteiger partial charge on any atom is 0.328 e. The summed E-state index contributed by atoms with van der Waals surface area (Å²) in [6.07, 6.45) is 4.88. The number of nitrogens with one attached hydrogen (secondary N) is 1. The SMILES string of the molecule is CC(C)n1ccn(CCNCCC(C)(C)C)c1=O. The second-order valence-corrected chi connectivity index (χ2v) is 6.34. The molecule has 1 N–H and O–H groups in total. The van der Waals surface area contributed by atoms with Gasteiger partial charge in [-0.1, -0.05) is 20.8 Å². The Balaban J connectivity index is 2.34. The van der Waals surface area contributed by atoms with Gasteiger partial charge in [-0.3, -0.25) is 9.13 Å². The van der Waals surface area contributed by atoms with Crippen molar-refractivity contribution in [3.05, 3.63) is 22.9 Å². The number of hydrogen-bond donors (Lipinski definition) is 1. The molecule has 1 aromatic heterocycles. The molecule has 0 radical (unpaired) electrons. The molecule has 1 heterocycles. The van der Waals surface area contributed by atoms with E-state index in [-0.39, 0.29) is 11.7 Å². The van der Waals surface area contributed by atoms with Crippen molar-refractivity contribution in [1.82, 2.24) is 14.5 Å². The number of aromatic nitrogens is 2. The van der Waals surface area contributed by atoms with Crippen LogP contribution in [0.5, 0.6) is 0 Å². The highest BCUT2D eigenvalue weighted by atomic mass is 16.1. The summed E-state index contributed by atoms with van der Waals surface area (Å²) in [5.41, 5.74) is 0.452. The fourth-order valence-corrected chi connectivity index (χ4v) is 1.78. The molecule has 104 valence electrons. The molecule has 0 spiro atoms. The zero-order valence-electron chi connectivity index (χ0n) is 12.4.